The number of nitrogens with one attached hydrogen (secondary N) is 1. The Morgan fingerprint density at radius 2 is 1.85 bits per heavy atom. The minimum atomic E-state index is 0.752. The molecule has 0 amide bonds. The average molecular weight is 203 g/mol. The molecule has 80 valence electrons. The third kappa shape index (κ3) is 10.2. The first-order chi connectivity index (χ1) is 6.16. The van der Waals surface area contributed by atoms with Gasteiger partial charge in [0.2, 0.25) is 0 Å². The number of thioether (sulfide) groups is 1. The molecule has 0 saturated heterocycles. The van der Waals surface area contributed by atoms with Gasteiger partial charge in [-0.25, -0.2) is 0 Å². The monoisotopic (exact) mass is 203 g/mol. The van der Waals surface area contributed by atoms with Gasteiger partial charge < -0.3 is 5.32 Å². The lowest BCUT2D eigenvalue weighted by atomic mass is 10.2. The van der Waals surface area contributed by atoms with E-state index in [0.717, 1.165) is 17.0 Å². The standard InChI is InChI=1S/C11H25NS/c1-5-6-7-8-12-9-11(4)13-10(2)3/h10-12H,5-9H2,1-4H3. The van der Waals surface area contributed by atoms with Gasteiger partial charge in [0.1, 0.15) is 0 Å². The summed E-state index contributed by atoms with van der Waals surface area (Å²) in [6.45, 7) is 11.4. The molecule has 0 spiro atoms. The van der Waals surface area contributed by atoms with Gasteiger partial charge >= 0.3 is 0 Å². The van der Waals surface area contributed by atoms with Crippen molar-refractivity contribution >= 4 is 11.8 Å². The van der Waals surface area contributed by atoms with Crippen molar-refractivity contribution in [3.63, 3.8) is 0 Å². The summed E-state index contributed by atoms with van der Waals surface area (Å²) in [6.07, 6.45) is 4.01. The molecular formula is C11H25NS. The number of unbranched alkanes of at least 4 members (excludes halogenated alkanes) is 2. The molecule has 2 heteroatoms. The molecule has 1 nitrogen and oxygen atoms in total. The Morgan fingerprint density at radius 3 is 2.38 bits per heavy atom. The molecule has 0 aromatic heterocycles. The van der Waals surface area contributed by atoms with Crippen LogP contribution in [0.25, 0.3) is 0 Å². The van der Waals surface area contributed by atoms with E-state index in [9.17, 15) is 0 Å². The van der Waals surface area contributed by atoms with Crippen LogP contribution in [0.1, 0.15) is 47.0 Å². The lowest BCUT2D eigenvalue weighted by Crippen LogP contribution is -2.24. The maximum absolute atomic E-state index is 3.50. The maximum Gasteiger partial charge on any atom is 0.0146 e. The Labute approximate surface area is 88.1 Å². The Balaban J connectivity index is 3.12. The molecule has 0 fully saturated rings. The van der Waals surface area contributed by atoms with Crippen LogP contribution in [-0.2, 0) is 0 Å². The van der Waals surface area contributed by atoms with Crippen molar-refractivity contribution in [1.82, 2.24) is 5.32 Å². The van der Waals surface area contributed by atoms with Crippen LogP contribution in [0.5, 0.6) is 0 Å². The number of hydrogen-bond donors (Lipinski definition) is 1. The van der Waals surface area contributed by atoms with Crippen molar-refractivity contribution in [2.24, 2.45) is 0 Å². The van der Waals surface area contributed by atoms with Crippen molar-refractivity contribution in [2.75, 3.05) is 13.1 Å². The highest BCUT2D eigenvalue weighted by Crippen LogP contribution is 2.15. The zero-order chi connectivity index (χ0) is 10.1. The molecule has 0 rings (SSSR count). The second kappa shape index (κ2) is 8.89. The van der Waals surface area contributed by atoms with Gasteiger partial charge in [0.25, 0.3) is 0 Å². The second-order valence-electron chi connectivity index (χ2n) is 3.91. The maximum atomic E-state index is 3.50. The molecule has 0 aliphatic carbocycles. The topological polar surface area (TPSA) is 12.0 Å². The fourth-order valence-electron chi connectivity index (χ4n) is 1.32. The van der Waals surface area contributed by atoms with E-state index < -0.39 is 0 Å². The van der Waals surface area contributed by atoms with Crippen LogP contribution in [0.15, 0.2) is 0 Å². The first-order valence-electron chi connectivity index (χ1n) is 5.53. The summed E-state index contributed by atoms with van der Waals surface area (Å²) < 4.78 is 0. The molecule has 13 heavy (non-hydrogen) atoms. The molecule has 0 aliphatic rings. The summed E-state index contributed by atoms with van der Waals surface area (Å²) in [5.41, 5.74) is 0. The summed E-state index contributed by atoms with van der Waals surface area (Å²) in [6, 6.07) is 0. The van der Waals surface area contributed by atoms with Crippen LogP contribution in [0.3, 0.4) is 0 Å². The zero-order valence-corrected chi connectivity index (χ0v) is 10.4. The van der Waals surface area contributed by atoms with Crippen molar-refractivity contribution < 1.29 is 0 Å². The molecule has 0 aromatic rings. The molecule has 1 N–H and O–H groups in total. The van der Waals surface area contributed by atoms with E-state index in [4.69, 9.17) is 0 Å². The molecule has 0 aromatic carbocycles. The van der Waals surface area contributed by atoms with Crippen molar-refractivity contribution in [3.8, 4) is 0 Å². The van der Waals surface area contributed by atoms with E-state index in [1.807, 2.05) is 0 Å². The van der Waals surface area contributed by atoms with Gasteiger partial charge in [0, 0.05) is 11.8 Å². The normalized spacial score (nSPS) is 13.6. The van der Waals surface area contributed by atoms with E-state index in [0.29, 0.717) is 0 Å². The quantitative estimate of drug-likeness (QED) is 0.608. The van der Waals surface area contributed by atoms with E-state index >= 15 is 0 Å². The largest absolute Gasteiger partial charge is 0.316 e. The van der Waals surface area contributed by atoms with E-state index in [1.54, 1.807) is 0 Å². The Bertz CT molecular complexity index is 104. The minimum absolute atomic E-state index is 0.752. The van der Waals surface area contributed by atoms with Crippen molar-refractivity contribution in [2.45, 2.75) is 57.5 Å². The van der Waals surface area contributed by atoms with Gasteiger partial charge in [-0.05, 0) is 18.2 Å². The molecule has 0 radical (unpaired) electrons. The van der Waals surface area contributed by atoms with Crippen LogP contribution in [0.4, 0.5) is 0 Å². The lowest BCUT2D eigenvalue weighted by Gasteiger charge is -2.14. The van der Waals surface area contributed by atoms with E-state index in [2.05, 4.69) is 44.8 Å². The van der Waals surface area contributed by atoms with Crippen LogP contribution < -0.4 is 5.32 Å². The summed E-state index contributed by atoms with van der Waals surface area (Å²) in [5, 5.41) is 5.01. The van der Waals surface area contributed by atoms with E-state index in [1.165, 1.54) is 25.8 Å². The Morgan fingerprint density at radius 1 is 1.15 bits per heavy atom. The third-order valence-corrected chi connectivity index (χ3v) is 3.07. The van der Waals surface area contributed by atoms with Crippen molar-refractivity contribution in [1.29, 1.82) is 0 Å². The summed E-state index contributed by atoms with van der Waals surface area (Å²) in [7, 11) is 0. The summed E-state index contributed by atoms with van der Waals surface area (Å²) in [5.74, 6) is 0. The molecule has 0 saturated carbocycles. The van der Waals surface area contributed by atoms with Gasteiger partial charge in [0.05, 0.1) is 0 Å². The first kappa shape index (κ1) is 13.3. The molecule has 0 bridgehead atoms. The average Bonchev–Trinajstić information content (AvgIpc) is 2.02. The van der Waals surface area contributed by atoms with Crippen LogP contribution in [0, 0.1) is 0 Å². The summed E-state index contributed by atoms with van der Waals surface area (Å²) >= 11 is 2.06. The van der Waals surface area contributed by atoms with Gasteiger partial charge in [-0.1, -0.05) is 40.5 Å². The highest BCUT2D eigenvalue weighted by molar-refractivity contribution is 8.00. The number of hydrogen-bond acceptors (Lipinski definition) is 2. The predicted molar refractivity (Wildman–Crippen MR) is 64.6 cm³/mol. The van der Waals surface area contributed by atoms with Crippen LogP contribution in [-0.4, -0.2) is 23.6 Å². The zero-order valence-electron chi connectivity index (χ0n) is 9.60. The first-order valence-corrected chi connectivity index (χ1v) is 6.47. The summed E-state index contributed by atoms with van der Waals surface area (Å²) in [4.78, 5) is 0. The Kier molecular flexibility index (Phi) is 9.10. The van der Waals surface area contributed by atoms with E-state index in [-0.39, 0.29) is 0 Å². The smallest absolute Gasteiger partial charge is 0.0146 e. The molecule has 1 atom stereocenters. The SMILES string of the molecule is CCCCCNCC(C)SC(C)C. The van der Waals surface area contributed by atoms with Gasteiger partial charge in [0.15, 0.2) is 0 Å². The van der Waals surface area contributed by atoms with Gasteiger partial charge in [-0.2, -0.15) is 11.8 Å². The molecular weight excluding hydrogens is 178 g/mol. The fraction of sp³-hybridized carbons (Fsp3) is 1.00. The second-order valence-corrected chi connectivity index (χ2v) is 5.93. The fourth-order valence-corrected chi connectivity index (χ4v) is 2.46. The Hall–Kier alpha value is 0.310. The van der Waals surface area contributed by atoms with Gasteiger partial charge in [-0.3, -0.25) is 0 Å². The molecule has 0 heterocycles. The highest BCUT2D eigenvalue weighted by atomic mass is 32.2. The minimum Gasteiger partial charge on any atom is -0.316 e. The molecule has 1 unspecified atom stereocenters. The lowest BCUT2D eigenvalue weighted by molar-refractivity contribution is 0.615. The highest BCUT2D eigenvalue weighted by Gasteiger charge is 2.03. The van der Waals surface area contributed by atoms with Crippen molar-refractivity contribution in [3.05, 3.63) is 0 Å². The number of rotatable bonds is 8. The van der Waals surface area contributed by atoms with Gasteiger partial charge in [-0.15, -0.1) is 0 Å². The predicted octanol–water partition coefficient (Wildman–Crippen LogP) is 3.30. The molecule has 0 aliphatic heterocycles. The van der Waals surface area contributed by atoms with Crippen LogP contribution >= 0.6 is 11.8 Å². The van der Waals surface area contributed by atoms with Crippen LogP contribution in [0.2, 0.25) is 0 Å². The third-order valence-electron chi connectivity index (χ3n) is 1.89.